The molecule has 0 aliphatic rings. The van der Waals surface area contributed by atoms with Gasteiger partial charge in [0, 0.05) is 11.8 Å². The van der Waals surface area contributed by atoms with Gasteiger partial charge in [0.2, 0.25) is 0 Å². The van der Waals surface area contributed by atoms with Crippen LogP contribution in [0.2, 0.25) is 0 Å². The van der Waals surface area contributed by atoms with E-state index in [-0.39, 0.29) is 17.2 Å². The number of aromatic nitrogens is 1. The standard InChI is InChI=1S/C18H20N2O4/c1-12(2)13-3-5-15(6-4-13)24-10-9-20-17(21)14-7-8-19-16(11-14)18(22)23/h3-8,11-12H,9-10H2,1-2H3,(H,20,21)(H,22,23). The number of amides is 1. The summed E-state index contributed by atoms with van der Waals surface area (Å²) in [5.74, 6) is -0.323. The smallest absolute Gasteiger partial charge is 0.354 e. The van der Waals surface area contributed by atoms with Crippen LogP contribution < -0.4 is 10.1 Å². The van der Waals surface area contributed by atoms with Crippen molar-refractivity contribution in [3.8, 4) is 5.75 Å². The molecule has 6 nitrogen and oxygen atoms in total. The van der Waals surface area contributed by atoms with E-state index < -0.39 is 5.97 Å². The van der Waals surface area contributed by atoms with Crippen molar-refractivity contribution in [3.63, 3.8) is 0 Å². The van der Waals surface area contributed by atoms with Crippen LogP contribution in [0.25, 0.3) is 0 Å². The highest BCUT2D eigenvalue weighted by atomic mass is 16.5. The van der Waals surface area contributed by atoms with Gasteiger partial charge in [-0.3, -0.25) is 4.79 Å². The molecule has 2 N–H and O–H groups in total. The zero-order valence-corrected chi connectivity index (χ0v) is 13.7. The topological polar surface area (TPSA) is 88.5 Å². The van der Waals surface area contributed by atoms with Crippen molar-refractivity contribution in [2.45, 2.75) is 19.8 Å². The molecule has 0 unspecified atom stereocenters. The number of carboxylic acid groups (broad SMARTS) is 1. The number of carbonyl (C=O) groups excluding carboxylic acids is 1. The van der Waals surface area contributed by atoms with Gasteiger partial charge in [0.1, 0.15) is 18.1 Å². The van der Waals surface area contributed by atoms with Gasteiger partial charge in [0.05, 0.1) is 6.54 Å². The molecular weight excluding hydrogens is 308 g/mol. The Balaban J connectivity index is 1.80. The molecule has 2 rings (SSSR count). The summed E-state index contributed by atoms with van der Waals surface area (Å²) in [4.78, 5) is 26.5. The van der Waals surface area contributed by atoms with Gasteiger partial charge in [-0.1, -0.05) is 26.0 Å². The zero-order valence-electron chi connectivity index (χ0n) is 13.7. The number of nitrogens with zero attached hydrogens (tertiary/aromatic N) is 1. The summed E-state index contributed by atoms with van der Waals surface area (Å²) in [7, 11) is 0. The fourth-order valence-electron chi connectivity index (χ4n) is 2.07. The second-order valence-corrected chi connectivity index (χ2v) is 5.56. The number of carboxylic acids is 1. The zero-order chi connectivity index (χ0) is 17.5. The van der Waals surface area contributed by atoms with E-state index in [2.05, 4.69) is 24.1 Å². The van der Waals surface area contributed by atoms with E-state index in [9.17, 15) is 9.59 Å². The molecule has 2 aromatic rings. The minimum atomic E-state index is -1.17. The molecule has 0 aliphatic carbocycles. The largest absolute Gasteiger partial charge is 0.492 e. The molecule has 0 aliphatic heterocycles. The molecule has 1 aromatic carbocycles. The Morgan fingerprint density at radius 1 is 1.21 bits per heavy atom. The monoisotopic (exact) mass is 328 g/mol. The van der Waals surface area contributed by atoms with Crippen LogP contribution in [0.15, 0.2) is 42.6 Å². The van der Waals surface area contributed by atoms with Crippen molar-refractivity contribution in [2.24, 2.45) is 0 Å². The van der Waals surface area contributed by atoms with Crippen LogP contribution in [0.3, 0.4) is 0 Å². The quantitative estimate of drug-likeness (QED) is 0.763. The van der Waals surface area contributed by atoms with Crippen molar-refractivity contribution in [2.75, 3.05) is 13.2 Å². The summed E-state index contributed by atoms with van der Waals surface area (Å²) in [5.41, 5.74) is 1.33. The first-order valence-corrected chi connectivity index (χ1v) is 7.67. The molecule has 1 aromatic heterocycles. The van der Waals surface area contributed by atoms with Crippen LogP contribution in [0, 0.1) is 0 Å². The van der Waals surface area contributed by atoms with E-state index in [1.165, 1.54) is 23.9 Å². The maximum atomic E-state index is 12.0. The minimum absolute atomic E-state index is 0.163. The highest BCUT2D eigenvalue weighted by molar-refractivity contribution is 5.96. The van der Waals surface area contributed by atoms with Crippen molar-refractivity contribution in [1.82, 2.24) is 10.3 Å². The lowest BCUT2D eigenvalue weighted by atomic mass is 10.0. The molecule has 126 valence electrons. The second kappa shape index (κ2) is 8.10. The lowest BCUT2D eigenvalue weighted by Gasteiger charge is -2.10. The molecule has 0 atom stereocenters. The summed E-state index contributed by atoms with van der Waals surface area (Å²) in [5, 5.41) is 11.6. The van der Waals surface area contributed by atoms with E-state index >= 15 is 0 Å². The van der Waals surface area contributed by atoms with E-state index in [0.29, 0.717) is 19.1 Å². The molecule has 0 fully saturated rings. The Morgan fingerprint density at radius 3 is 2.54 bits per heavy atom. The Morgan fingerprint density at radius 2 is 1.92 bits per heavy atom. The first kappa shape index (κ1) is 17.5. The molecule has 24 heavy (non-hydrogen) atoms. The Labute approximate surface area is 140 Å². The van der Waals surface area contributed by atoms with Crippen LogP contribution in [0.1, 0.15) is 46.2 Å². The van der Waals surface area contributed by atoms with Gasteiger partial charge in [-0.25, -0.2) is 9.78 Å². The number of aromatic carboxylic acids is 1. The predicted molar refractivity (Wildman–Crippen MR) is 89.6 cm³/mol. The number of nitrogens with one attached hydrogen (secondary N) is 1. The number of rotatable bonds is 7. The maximum absolute atomic E-state index is 12.0. The SMILES string of the molecule is CC(C)c1ccc(OCCNC(=O)c2ccnc(C(=O)O)c2)cc1. The fraction of sp³-hybridized carbons (Fsp3) is 0.278. The summed E-state index contributed by atoms with van der Waals surface area (Å²) >= 11 is 0. The summed E-state index contributed by atoms with van der Waals surface area (Å²) in [6, 6.07) is 10.5. The first-order valence-electron chi connectivity index (χ1n) is 7.67. The Bertz CT molecular complexity index is 711. The highest BCUT2D eigenvalue weighted by Gasteiger charge is 2.10. The number of carbonyl (C=O) groups is 2. The number of pyridine rings is 1. The Hall–Kier alpha value is -2.89. The third kappa shape index (κ3) is 4.81. The van der Waals surface area contributed by atoms with Gasteiger partial charge >= 0.3 is 5.97 Å². The van der Waals surface area contributed by atoms with Gasteiger partial charge in [-0.15, -0.1) is 0 Å². The van der Waals surface area contributed by atoms with Gasteiger partial charge in [0.25, 0.3) is 5.91 Å². The predicted octanol–water partition coefficient (Wildman–Crippen LogP) is 2.71. The average molecular weight is 328 g/mol. The minimum Gasteiger partial charge on any atom is -0.492 e. The fourth-order valence-corrected chi connectivity index (χ4v) is 2.07. The molecule has 1 amide bonds. The third-order valence-corrected chi connectivity index (χ3v) is 3.44. The summed E-state index contributed by atoms with van der Waals surface area (Å²) in [6.07, 6.45) is 1.30. The molecule has 0 saturated heterocycles. The molecule has 0 spiro atoms. The van der Waals surface area contributed by atoms with Crippen molar-refractivity contribution in [3.05, 3.63) is 59.4 Å². The number of benzene rings is 1. The van der Waals surface area contributed by atoms with E-state index in [1.54, 1.807) is 0 Å². The van der Waals surface area contributed by atoms with Gasteiger partial charge < -0.3 is 15.2 Å². The van der Waals surface area contributed by atoms with Crippen LogP contribution in [0.5, 0.6) is 5.75 Å². The number of hydrogen-bond donors (Lipinski definition) is 2. The molecular formula is C18H20N2O4. The van der Waals surface area contributed by atoms with Crippen LogP contribution in [-0.2, 0) is 0 Å². The lowest BCUT2D eigenvalue weighted by Crippen LogP contribution is -2.28. The number of ether oxygens (including phenoxy) is 1. The first-order chi connectivity index (χ1) is 11.5. The van der Waals surface area contributed by atoms with Gasteiger partial charge in [0.15, 0.2) is 0 Å². The summed E-state index contributed by atoms with van der Waals surface area (Å²) < 4.78 is 5.57. The van der Waals surface area contributed by atoms with Gasteiger partial charge in [-0.2, -0.15) is 0 Å². The van der Waals surface area contributed by atoms with E-state index in [0.717, 1.165) is 5.75 Å². The summed E-state index contributed by atoms with van der Waals surface area (Å²) in [6.45, 7) is 4.89. The lowest BCUT2D eigenvalue weighted by molar-refractivity contribution is 0.0690. The van der Waals surface area contributed by atoms with Crippen molar-refractivity contribution in [1.29, 1.82) is 0 Å². The Kier molecular flexibility index (Phi) is 5.89. The van der Waals surface area contributed by atoms with Crippen LogP contribution >= 0.6 is 0 Å². The van der Waals surface area contributed by atoms with E-state index in [4.69, 9.17) is 9.84 Å². The third-order valence-electron chi connectivity index (χ3n) is 3.44. The molecule has 0 radical (unpaired) electrons. The highest BCUT2D eigenvalue weighted by Crippen LogP contribution is 2.18. The van der Waals surface area contributed by atoms with Crippen molar-refractivity contribution >= 4 is 11.9 Å². The van der Waals surface area contributed by atoms with Crippen LogP contribution in [-0.4, -0.2) is 35.1 Å². The maximum Gasteiger partial charge on any atom is 0.354 e. The molecule has 0 bridgehead atoms. The van der Waals surface area contributed by atoms with Crippen molar-refractivity contribution < 1.29 is 19.4 Å². The molecule has 0 saturated carbocycles. The van der Waals surface area contributed by atoms with E-state index in [1.807, 2.05) is 24.3 Å². The number of hydrogen-bond acceptors (Lipinski definition) is 4. The second-order valence-electron chi connectivity index (χ2n) is 5.56. The molecule has 6 heteroatoms. The van der Waals surface area contributed by atoms with Gasteiger partial charge in [-0.05, 0) is 35.7 Å². The molecule has 1 heterocycles. The normalized spacial score (nSPS) is 10.5. The van der Waals surface area contributed by atoms with Crippen LogP contribution in [0.4, 0.5) is 0 Å². The average Bonchev–Trinajstić information content (AvgIpc) is 2.59.